The number of para-hydroxylation sites is 1. The van der Waals surface area contributed by atoms with Crippen molar-refractivity contribution in [2.45, 2.75) is 19.3 Å². The van der Waals surface area contributed by atoms with E-state index in [2.05, 4.69) is 46.7 Å². The van der Waals surface area contributed by atoms with E-state index < -0.39 is 5.41 Å². The van der Waals surface area contributed by atoms with Crippen LogP contribution in [0.25, 0.3) is 39.3 Å². The second-order valence-corrected chi connectivity index (χ2v) is 9.80. The summed E-state index contributed by atoms with van der Waals surface area (Å²) in [6.07, 6.45) is 3.98. The molecule has 2 aromatic heterocycles. The van der Waals surface area contributed by atoms with Crippen LogP contribution in [0.5, 0.6) is 0 Å². The molecule has 6 rings (SSSR count). The van der Waals surface area contributed by atoms with Gasteiger partial charge in [-0.1, -0.05) is 36.4 Å². The first-order valence-corrected chi connectivity index (χ1v) is 11.9. The predicted molar refractivity (Wildman–Crippen MR) is 145 cm³/mol. The molecule has 0 atom stereocenters. The van der Waals surface area contributed by atoms with Crippen molar-refractivity contribution >= 4 is 39.3 Å². The van der Waals surface area contributed by atoms with Crippen molar-refractivity contribution in [3.05, 3.63) is 100 Å². The molecule has 36 heavy (non-hydrogen) atoms. The lowest BCUT2D eigenvalue weighted by Crippen LogP contribution is -2.21. The van der Waals surface area contributed by atoms with Crippen LogP contribution in [0.1, 0.15) is 30.5 Å². The maximum Gasteiger partial charge on any atom is 0.333 e. The molecular weight excluding hydrogens is 446 g/mol. The molecule has 0 radical (unpaired) electrons. The van der Waals surface area contributed by atoms with Crippen molar-refractivity contribution in [2.24, 2.45) is 7.05 Å². The van der Waals surface area contributed by atoms with Crippen LogP contribution in [0, 0.1) is 11.3 Å². The van der Waals surface area contributed by atoms with Crippen molar-refractivity contribution in [2.75, 3.05) is 11.9 Å². The van der Waals surface area contributed by atoms with Crippen molar-refractivity contribution < 1.29 is 0 Å². The molecule has 0 amide bonds. The second kappa shape index (κ2) is 7.96. The number of imidazole rings is 1. The largest absolute Gasteiger partial charge is 0.380 e. The lowest BCUT2D eigenvalue weighted by Gasteiger charge is -2.19. The minimum absolute atomic E-state index is 0.135. The fourth-order valence-corrected chi connectivity index (χ4v) is 4.93. The van der Waals surface area contributed by atoms with E-state index in [1.165, 1.54) is 5.57 Å². The number of rotatable bonds is 3. The summed E-state index contributed by atoms with van der Waals surface area (Å²) in [5.74, 6) is 0. The number of nitrogens with one attached hydrogen (secondary N) is 1. The highest BCUT2D eigenvalue weighted by Crippen LogP contribution is 2.32. The third-order valence-corrected chi connectivity index (χ3v) is 7.14. The standard InChI is InChI=1S/C30H25N5O/c1-30(2,18-31)22-9-11-23(12-10-22)35-28-24-15-19(21-14-20-6-4-5-7-25(20)32-16-21)8-13-26(24)33-17-27(28)34(3)29(35)36/h4-15,17,32H,16H2,1-3H3. The molecular formula is C30H25N5O. The molecule has 176 valence electrons. The van der Waals surface area contributed by atoms with Crippen LogP contribution in [0.3, 0.4) is 0 Å². The number of pyridine rings is 1. The number of benzene rings is 3. The van der Waals surface area contributed by atoms with Crippen molar-refractivity contribution in [1.82, 2.24) is 14.1 Å². The predicted octanol–water partition coefficient (Wildman–Crippen LogP) is 5.64. The molecule has 1 aliphatic rings. The zero-order valence-electron chi connectivity index (χ0n) is 20.4. The summed E-state index contributed by atoms with van der Waals surface area (Å²) in [6, 6.07) is 24.5. The van der Waals surface area contributed by atoms with Gasteiger partial charge in [0.1, 0.15) is 0 Å². The topological polar surface area (TPSA) is 75.6 Å². The van der Waals surface area contributed by atoms with E-state index in [-0.39, 0.29) is 5.69 Å². The molecule has 1 aliphatic heterocycles. The van der Waals surface area contributed by atoms with Crippen LogP contribution in [-0.4, -0.2) is 20.7 Å². The summed E-state index contributed by atoms with van der Waals surface area (Å²) in [4.78, 5) is 18.1. The van der Waals surface area contributed by atoms with Crippen LogP contribution in [0.15, 0.2) is 77.7 Å². The molecule has 0 fully saturated rings. The molecule has 3 heterocycles. The smallest absolute Gasteiger partial charge is 0.333 e. The van der Waals surface area contributed by atoms with Crippen LogP contribution < -0.4 is 11.0 Å². The van der Waals surface area contributed by atoms with Gasteiger partial charge in [-0.25, -0.2) is 4.79 Å². The van der Waals surface area contributed by atoms with Crippen molar-refractivity contribution in [3.8, 4) is 11.8 Å². The quantitative estimate of drug-likeness (QED) is 0.369. The Kier molecular flexibility index (Phi) is 4.84. The first kappa shape index (κ1) is 21.9. The normalized spacial score (nSPS) is 13.2. The van der Waals surface area contributed by atoms with Crippen molar-refractivity contribution in [3.63, 3.8) is 0 Å². The van der Waals surface area contributed by atoms with Gasteiger partial charge >= 0.3 is 5.69 Å². The molecule has 6 nitrogen and oxygen atoms in total. The first-order valence-electron chi connectivity index (χ1n) is 11.9. The van der Waals surface area contributed by atoms with Crippen LogP contribution >= 0.6 is 0 Å². The Balaban J connectivity index is 1.56. The highest BCUT2D eigenvalue weighted by atomic mass is 16.1. The van der Waals surface area contributed by atoms with Crippen LogP contribution in [-0.2, 0) is 12.5 Å². The van der Waals surface area contributed by atoms with Gasteiger partial charge in [0.2, 0.25) is 0 Å². The molecule has 5 aromatic rings. The van der Waals surface area contributed by atoms with Gasteiger partial charge in [0.15, 0.2) is 0 Å². The number of aryl methyl sites for hydroxylation is 1. The summed E-state index contributed by atoms with van der Waals surface area (Å²) in [6.45, 7) is 4.50. The summed E-state index contributed by atoms with van der Waals surface area (Å²) in [5.41, 5.74) is 7.92. The highest BCUT2D eigenvalue weighted by molar-refractivity contribution is 6.05. The SMILES string of the molecule is Cn1c(=O)n(-c2ccc(C(C)(C)C#N)cc2)c2c3cc(C4=Cc5ccccc5NC4)ccc3ncc21. The number of hydrogen-bond acceptors (Lipinski definition) is 4. The number of aromatic nitrogens is 3. The van der Waals surface area contributed by atoms with Gasteiger partial charge < -0.3 is 5.32 Å². The van der Waals surface area contributed by atoms with E-state index in [1.54, 1.807) is 22.4 Å². The molecule has 0 aliphatic carbocycles. The highest BCUT2D eigenvalue weighted by Gasteiger charge is 2.21. The van der Waals surface area contributed by atoms with Gasteiger partial charge in [-0.2, -0.15) is 5.26 Å². The third-order valence-electron chi connectivity index (χ3n) is 7.14. The Morgan fingerprint density at radius 1 is 1.06 bits per heavy atom. The van der Waals surface area contributed by atoms with E-state index in [0.29, 0.717) is 0 Å². The van der Waals surface area contributed by atoms with Crippen LogP contribution in [0.2, 0.25) is 0 Å². The Bertz CT molecular complexity index is 1800. The van der Waals surface area contributed by atoms with E-state index in [1.807, 2.05) is 56.3 Å². The molecule has 3 aromatic carbocycles. The molecule has 6 heteroatoms. The second-order valence-electron chi connectivity index (χ2n) is 9.80. The lowest BCUT2D eigenvalue weighted by atomic mass is 9.86. The van der Waals surface area contributed by atoms with Gasteiger partial charge in [-0.3, -0.25) is 14.1 Å². The fourth-order valence-electron chi connectivity index (χ4n) is 4.93. The average molecular weight is 472 g/mol. The summed E-state index contributed by atoms with van der Waals surface area (Å²) < 4.78 is 3.38. The average Bonchev–Trinajstić information content (AvgIpc) is 3.18. The number of hydrogen-bond donors (Lipinski definition) is 1. The number of fused-ring (bicyclic) bond motifs is 4. The molecule has 0 saturated carbocycles. The van der Waals surface area contributed by atoms with E-state index in [9.17, 15) is 10.1 Å². The summed E-state index contributed by atoms with van der Waals surface area (Å²) >= 11 is 0. The van der Waals surface area contributed by atoms with E-state index >= 15 is 0 Å². The summed E-state index contributed by atoms with van der Waals surface area (Å²) in [7, 11) is 1.77. The van der Waals surface area contributed by atoms with E-state index in [4.69, 9.17) is 0 Å². The Hall–Kier alpha value is -4.63. The van der Waals surface area contributed by atoms with Gasteiger partial charge in [0, 0.05) is 24.7 Å². The molecule has 0 bridgehead atoms. The molecule has 1 N–H and O–H groups in total. The molecule has 0 saturated heterocycles. The molecule has 0 unspecified atom stereocenters. The molecule has 0 spiro atoms. The van der Waals surface area contributed by atoms with E-state index in [0.717, 1.165) is 56.5 Å². The Labute approximate surface area is 208 Å². The van der Waals surface area contributed by atoms with Gasteiger partial charge in [-0.05, 0) is 72.5 Å². The van der Waals surface area contributed by atoms with Crippen LogP contribution in [0.4, 0.5) is 5.69 Å². The Morgan fingerprint density at radius 2 is 1.83 bits per heavy atom. The zero-order valence-corrected chi connectivity index (χ0v) is 20.4. The lowest BCUT2D eigenvalue weighted by molar-refractivity contribution is 0.686. The zero-order chi connectivity index (χ0) is 25.0. The maximum atomic E-state index is 13.4. The van der Waals surface area contributed by atoms with Crippen molar-refractivity contribution in [1.29, 1.82) is 5.26 Å². The number of nitrogens with zero attached hydrogens (tertiary/aromatic N) is 4. The van der Waals surface area contributed by atoms with Gasteiger partial charge in [0.05, 0.1) is 39.9 Å². The minimum atomic E-state index is -0.603. The maximum absolute atomic E-state index is 13.4. The minimum Gasteiger partial charge on any atom is -0.380 e. The van der Waals surface area contributed by atoms with Gasteiger partial charge in [0.25, 0.3) is 0 Å². The Morgan fingerprint density at radius 3 is 2.61 bits per heavy atom. The summed E-state index contributed by atoms with van der Waals surface area (Å²) in [5, 5.41) is 13.9. The monoisotopic (exact) mass is 471 g/mol. The van der Waals surface area contributed by atoms with Gasteiger partial charge in [-0.15, -0.1) is 0 Å². The number of anilines is 1. The number of nitriles is 1. The third kappa shape index (κ3) is 3.32. The fraction of sp³-hybridized carbons (Fsp3) is 0.167. The first-order chi connectivity index (χ1) is 17.4.